The summed E-state index contributed by atoms with van der Waals surface area (Å²) in [6.45, 7) is 4.01. The van der Waals surface area contributed by atoms with Crippen LogP contribution in [0.4, 0.5) is 5.69 Å². The van der Waals surface area contributed by atoms with Gasteiger partial charge in [-0.25, -0.2) is 0 Å². The maximum Gasteiger partial charge on any atom is 0.269 e. The van der Waals surface area contributed by atoms with Crippen LogP contribution in [-0.2, 0) is 0 Å². The Kier molecular flexibility index (Phi) is 5.52. The van der Waals surface area contributed by atoms with Crippen molar-refractivity contribution in [1.29, 1.82) is 0 Å². The van der Waals surface area contributed by atoms with Crippen molar-refractivity contribution in [2.45, 2.75) is 38.3 Å². The topological polar surface area (TPSA) is 75.8 Å². The first-order chi connectivity index (χ1) is 10.1. The normalized spacial score (nSPS) is 21.0. The summed E-state index contributed by atoms with van der Waals surface area (Å²) in [7, 11) is 0. The molecule has 0 bridgehead atoms. The largest absolute Gasteiger partial charge is 0.491 e. The molecule has 1 aromatic carbocycles. The number of non-ortho nitro benzene ring substituents is 1. The monoisotopic (exact) mass is 294 g/mol. The average molecular weight is 294 g/mol. The molecule has 1 aliphatic heterocycles. The van der Waals surface area contributed by atoms with Crippen molar-refractivity contribution in [2.24, 2.45) is 0 Å². The van der Waals surface area contributed by atoms with Crippen molar-refractivity contribution < 1.29 is 14.8 Å². The molecule has 1 N–H and O–H groups in total. The van der Waals surface area contributed by atoms with E-state index in [4.69, 9.17) is 4.74 Å². The van der Waals surface area contributed by atoms with Gasteiger partial charge < -0.3 is 9.84 Å². The van der Waals surface area contributed by atoms with Crippen LogP contribution in [0.1, 0.15) is 26.2 Å². The highest BCUT2D eigenvalue weighted by molar-refractivity contribution is 5.35. The number of nitro groups is 1. The molecule has 0 saturated carbocycles. The fraction of sp³-hybridized carbons (Fsp3) is 0.600. The number of likely N-dealkylation sites (tertiary alicyclic amines) is 1. The zero-order valence-electron chi connectivity index (χ0n) is 12.3. The molecule has 6 heteroatoms. The summed E-state index contributed by atoms with van der Waals surface area (Å²) >= 11 is 0. The van der Waals surface area contributed by atoms with Gasteiger partial charge in [-0.05, 0) is 38.4 Å². The number of aliphatic hydroxyl groups excluding tert-OH is 1. The molecular formula is C15H22N2O4. The Bertz CT molecular complexity index is 463. The lowest BCUT2D eigenvalue weighted by Gasteiger charge is -2.34. The van der Waals surface area contributed by atoms with E-state index in [1.165, 1.54) is 31.4 Å². The van der Waals surface area contributed by atoms with Crippen molar-refractivity contribution in [1.82, 2.24) is 4.90 Å². The molecule has 0 amide bonds. The van der Waals surface area contributed by atoms with Crippen molar-refractivity contribution in [3.63, 3.8) is 0 Å². The van der Waals surface area contributed by atoms with Gasteiger partial charge in [-0.3, -0.25) is 15.0 Å². The van der Waals surface area contributed by atoms with Crippen LogP contribution in [0.15, 0.2) is 24.3 Å². The minimum Gasteiger partial charge on any atom is -0.491 e. The maximum atomic E-state index is 10.5. The van der Waals surface area contributed by atoms with E-state index in [0.29, 0.717) is 18.3 Å². The highest BCUT2D eigenvalue weighted by Gasteiger charge is 2.21. The van der Waals surface area contributed by atoms with E-state index in [-0.39, 0.29) is 12.3 Å². The zero-order chi connectivity index (χ0) is 15.2. The first-order valence-corrected chi connectivity index (χ1v) is 7.35. The molecule has 6 nitrogen and oxygen atoms in total. The van der Waals surface area contributed by atoms with Crippen LogP contribution in [0, 0.1) is 10.1 Å². The molecule has 0 spiro atoms. The van der Waals surface area contributed by atoms with Crippen LogP contribution in [0.5, 0.6) is 5.75 Å². The number of β-amino-alcohol motifs (C(OH)–C–C–N with tert-alkyl or cyclic N) is 1. The van der Waals surface area contributed by atoms with E-state index >= 15 is 0 Å². The summed E-state index contributed by atoms with van der Waals surface area (Å²) in [6, 6.07) is 6.40. The standard InChI is InChI=1S/C15H22N2O4/c1-12-4-2-3-9-16(12)10-14(18)11-21-15-7-5-13(6-8-15)17(19)20/h5-8,12,14,18H,2-4,9-11H2,1H3/t12-,14-/m1/s1. The fourth-order valence-electron chi connectivity index (χ4n) is 2.61. The van der Waals surface area contributed by atoms with Crippen LogP contribution >= 0.6 is 0 Å². The van der Waals surface area contributed by atoms with Gasteiger partial charge in [0, 0.05) is 24.7 Å². The van der Waals surface area contributed by atoms with E-state index in [0.717, 1.165) is 6.54 Å². The molecule has 1 fully saturated rings. The van der Waals surface area contributed by atoms with E-state index in [2.05, 4.69) is 11.8 Å². The lowest BCUT2D eigenvalue weighted by Crippen LogP contribution is -2.43. The van der Waals surface area contributed by atoms with Gasteiger partial charge in [-0.1, -0.05) is 6.42 Å². The fourth-order valence-corrected chi connectivity index (χ4v) is 2.61. The molecule has 1 aromatic rings. The summed E-state index contributed by atoms with van der Waals surface area (Å²) in [5.74, 6) is 0.534. The van der Waals surface area contributed by atoms with Crippen LogP contribution in [0.2, 0.25) is 0 Å². The van der Waals surface area contributed by atoms with Gasteiger partial charge in [0.25, 0.3) is 5.69 Å². The number of nitrogens with zero attached hydrogens (tertiary/aromatic N) is 2. The Labute approximate surface area is 124 Å². The molecule has 0 aromatic heterocycles. The minimum absolute atomic E-state index is 0.0324. The highest BCUT2D eigenvalue weighted by Crippen LogP contribution is 2.19. The highest BCUT2D eigenvalue weighted by atomic mass is 16.6. The quantitative estimate of drug-likeness (QED) is 0.643. The maximum absolute atomic E-state index is 10.5. The molecule has 0 radical (unpaired) electrons. The van der Waals surface area contributed by atoms with Crippen LogP contribution in [0.3, 0.4) is 0 Å². The first-order valence-electron chi connectivity index (χ1n) is 7.35. The number of benzene rings is 1. The molecule has 0 aliphatic carbocycles. The van der Waals surface area contributed by atoms with Crippen LogP contribution < -0.4 is 4.74 Å². The van der Waals surface area contributed by atoms with Crippen LogP contribution in [-0.4, -0.2) is 46.8 Å². The second-order valence-corrected chi connectivity index (χ2v) is 5.56. The van der Waals surface area contributed by atoms with Crippen molar-refractivity contribution >= 4 is 5.69 Å². The summed E-state index contributed by atoms with van der Waals surface area (Å²) in [4.78, 5) is 12.4. The third kappa shape index (κ3) is 4.68. The number of aliphatic hydroxyl groups is 1. The number of nitro benzene ring substituents is 1. The molecule has 2 rings (SSSR count). The molecular weight excluding hydrogens is 272 g/mol. The molecule has 1 heterocycles. The molecule has 21 heavy (non-hydrogen) atoms. The van der Waals surface area contributed by atoms with Crippen molar-refractivity contribution in [3.8, 4) is 5.75 Å². The number of hydrogen-bond acceptors (Lipinski definition) is 5. The van der Waals surface area contributed by atoms with E-state index in [1.54, 1.807) is 12.1 Å². The van der Waals surface area contributed by atoms with Crippen molar-refractivity contribution in [2.75, 3.05) is 19.7 Å². The number of hydrogen-bond donors (Lipinski definition) is 1. The van der Waals surface area contributed by atoms with Gasteiger partial charge in [-0.15, -0.1) is 0 Å². The Morgan fingerprint density at radius 3 is 2.76 bits per heavy atom. The number of rotatable bonds is 6. The molecule has 116 valence electrons. The van der Waals surface area contributed by atoms with Gasteiger partial charge in [0.05, 0.1) is 4.92 Å². The summed E-state index contributed by atoms with van der Waals surface area (Å²) in [5.41, 5.74) is 0.0324. The third-order valence-corrected chi connectivity index (χ3v) is 3.88. The van der Waals surface area contributed by atoms with Crippen molar-refractivity contribution in [3.05, 3.63) is 34.4 Å². The Morgan fingerprint density at radius 2 is 2.14 bits per heavy atom. The summed E-state index contributed by atoms with van der Waals surface area (Å²) < 4.78 is 5.48. The number of ether oxygens (including phenoxy) is 1. The smallest absolute Gasteiger partial charge is 0.269 e. The number of piperidine rings is 1. The second-order valence-electron chi connectivity index (χ2n) is 5.56. The van der Waals surface area contributed by atoms with Gasteiger partial charge in [0.1, 0.15) is 18.5 Å². The third-order valence-electron chi connectivity index (χ3n) is 3.88. The lowest BCUT2D eigenvalue weighted by molar-refractivity contribution is -0.384. The van der Waals surface area contributed by atoms with Gasteiger partial charge in [0.15, 0.2) is 0 Å². The lowest BCUT2D eigenvalue weighted by atomic mass is 10.0. The molecule has 0 unspecified atom stereocenters. The predicted molar refractivity (Wildman–Crippen MR) is 79.5 cm³/mol. The SMILES string of the molecule is C[C@@H]1CCCCN1C[C@@H](O)COc1ccc([N+](=O)[O-])cc1. The second kappa shape index (κ2) is 7.38. The van der Waals surface area contributed by atoms with Gasteiger partial charge in [-0.2, -0.15) is 0 Å². The first kappa shape index (κ1) is 15.7. The van der Waals surface area contributed by atoms with Crippen LogP contribution in [0.25, 0.3) is 0 Å². The summed E-state index contributed by atoms with van der Waals surface area (Å²) in [5, 5.41) is 20.6. The summed E-state index contributed by atoms with van der Waals surface area (Å²) in [6.07, 6.45) is 3.06. The predicted octanol–water partition coefficient (Wildman–Crippen LogP) is 2.21. The van der Waals surface area contributed by atoms with E-state index in [9.17, 15) is 15.2 Å². The van der Waals surface area contributed by atoms with Gasteiger partial charge >= 0.3 is 0 Å². The minimum atomic E-state index is -0.555. The molecule has 2 atom stereocenters. The Morgan fingerprint density at radius 1 is 1.43 bits per heavy atom. The van der Waals surface area contributed by atoms with Gasteiger partial charge in [0.2, 0.25) is 0 Å². The molecule has 1 saturated heterocycles. The van der Waals surface area contributed by atoms with E-state index < -0.39 is 11.0 Å². The zero-order valence-corrected chi connectivity index (χ0v) is 12.3. The average Bonchev–Trinajstić information content (AvgIpc) is 2.48. The Hall–Kier alpha value is -1.66. The Balaban J connectivity index is 1.77. The van der Waals surface area contributed by atoms with E-state index in [1.807, 2.05) is 0 Å². The molecule has 1 aliphatic rings.